The van der Waals surface area contributed by atoms with Crippen LogP contribution in [-0.4, -0.2) is 45.5 Å². The third-order valence-corrected chi connectivity index (χ3v) is 1.58. The second-order valence-corrected chi connectivity index (χ2v) is 2.39. The SMILES string of the molecule is OC[C@H]1O[C@@H](O)C(F)=C(O)[C@@H]1O. The van der Waals surface area contributed by atoms with Crippen LogP contribution in [0.1, 0.15) is 0 Å². The summed E-state index contributed by atoms with van der Waals surface area (Å²) in [5.41, 5.74) is 0. The van der Waals surface area contributed by atoms with E-state index in [0.29, 0.717) is 0 Å². The maximum absolute atomic E-state index is 12.5. The van der Waals surface area contributed by atoms with Gasteiger partial charge in [-0.05, 0) is 0 Å². The Morgan fingerprint density at radius 2 is 2.00 bits per heavy atom. The molecule has 0 radical (unpaired) electrons. The van der Waals surface area contributed by atoms with Gasteiger partial charge in [0, 0.05) is 0 Å². The first kappa shape index (κ1) is 9.40. The molecule has 5 nitrogen and oxygen atoms in total. The molecular weight excluding hydrogens is 171 g/mol. The van der Waals surface area contributed by atoms with E-state index < -0.39 is 36.7 Å². The molecular formula is C6H9FO5. The van der Waals surface area contributed by atoms with E-state index >= 15 is 0 Å². The van der Waals surface area contributed by atoms with Gasteiger partial charge in [-0.25, -0.2) is 4.39 Å². The summed E-state index contributed by atoms with van der Waals surface area (Å²) in [4.78, 5) is 0. The first-order valence-electron chi connectivity index (χ1n) is 3.29. The zero-order chi connectivity index (χ0) is 9.30. The Morgan fingerprint density at radius 3 is 2.50 bits per heavy atom. The van der Waals surface area contributed by atoms with Crippen LogP contribution in [0.2, 0.25) is 0 Å². The number of ether oxygens (including phenoxy) is 1. The van der Waals surface area contributed by atoms with Gasteiger partial charge < -0.3 is 25.2 Å². The van der Waals surface area contributed by atoms with E-state index in [2.05, 4.69) is 4.74 Å². The first-order chi connectivity index (χ1) is 5.57. The largest absolute Gasteiger partial charge is 0.507 e. The van der Waals surface area contributed by atoms with Crippen LogP contribution in [0.25, 0.3) is 0 Å². The van der Waals surface area contributed by atoms with Crippen molar-refractivity contribution in [2.24, 2.45) is 0 Å². The highest BCUT2D eigenvalue weighted by molar-refractivity contribution is 5.12. The lowest BCUT2D eigenvalue weighted by molar-refractivity contribution is -0.182. The van der Waals surface area contributed by atoms with E-state index in [9.17, 15) is 4.39 Å². The van der Waals surface area contributed by atoms with Crippen LogP contribution >= 0.6 is 0 Å². The molecule has 0 unspecified atom stereocenters. The zero-order valence-corrected chi connectivity index (χ0v) is 6.01. The summed E-state index contributed by atoms with van der Waals surface area (Å²) in [7, 11) is 0. The smallest absolute Gasteiger partial charge is 0.212 e. The van der Waals surface area contributed by atoms with Crippen molar-refractivity contribution in [1.29, 1.82) is 0 Å². The maximum atomic E-state index is 12.5. The number of aliphatic hydroxyl groups excluding tert-OH is 4. The Balaban J connectivity index is 2.85. The molecule has 0 aromatic rings. The van der Waals surface area contributed by atoms with E-state index in [1.165, 1.54) is 0 Å². The van der Waals surface area contributed by atoms with Crippen molar-refractivity contribution in [1.82, 2.24) is 0 Å². The summed E-state index contributed by atoms with van der Waals surface area (Å²) in [6.45, 7) is -0.616. The van der Waals surface area contributed by atoms with Crippen LogP contribution in [0.5, 0.6) is 0 Å². The molecule has 4 N–H and O–H groups in total. The maximum Gasteiger partial charge on any atom is 0.212 e. The zero-order valence-electron chi connectivity index (χ0n) is 6.01. The Morgan fingerprint density at radius 1 is 1.42 bits per heavy atom. The molecule has 1 aliphatic rings. The fourth-order valence-electron chi connectivity index (χ4n) is 0.886. The molecule has 0 saturated carbocycles. The molecule has 1 aliphatic heterocycles. The van der Waals surface area contributed by atoms with Gasteiger partial charge in [-0.1, -0.05) is 0 Å². The van der Waals surface area contributed by atoms with Crippen molar-refractivity contribution >= 4 is 0 Å². The van der Waals surface area contributed by atoms with Crippen LogP contribution < -0.4 is 0 Å². The van der Waals surface area contributed by atoms with Crippen molar-refractivity contribution in [3.8, 4) is 0 Å². The number of halogens is 1. The van der Waals surface area contributed by atoms with Crippen molar-refractivity contribution in [3.05, 3.63) is 11.6 Å². The minimum Gasteiger partial charge on any atom is -0.507 e. The van der Waals surface area contributed by atoms with Crippen molar-refractivity contribution in [2.45, 2.75) is 18.5 Å². The fraction of sp³-hybridized carbons (Fsp3) is 0.667. The van der Waals surface area contributed by atoms with Crippen LogP contribution in [0.4, 0.5) is 4.39 Å². The Bertz CT molecular complexity index is 204. The lowest BCUT2D eigenvalue weighted by Gasteiger charge is -2.28. The molecule has 1 heterocycles. The fourth-order valence-corrected chi connectivity index (χ4v) is 0.886. The Labute approximate surface area is 67.3 Å². The normalized spacial score (nSPS) is 37.2. The summed E-state index contributed by atoms with van der Waals surface area (Å²) in [6.07, 6.45) is -4.73. The third-order valence-electron chi connectivity index (χ3n) is 1.58. The van der Waals surface area contributed by atoms with Gasteiger partial charge in [0.15, 0.2) is 11.6 Å². The lowest BCUT2D eigenvalue weighted by atomic mass is 10.1. The number of hydrogen-bond acceptors (Lipinski definition) is 5. The highest BCUT2D eigenvalue weighted by atomic mass is 19.1. The molecule has 1 rings (SSSR count). The lowest BCUT2D eigenvalue weighted by Crippen LogP contribution is -2.42. The standard InChI is InChI=1S/C6H9FO5/c7-3-5(10)4(9)2(1-8)12-6(3)11/h2,4,6,8-11H,1H2/t2-,4-,6-/m1/s1. The predicted octanol–water partition coefficient (Wildman–Crippen LogP) is -1.20. The third kappa shape index (κ3) is 1.42. The number of rotatable bonds is 1. The van der Waals surface area contributed by atoms with Crippen molar-refractivity contribution in [2.75, 3.05) is 6.61 Å². The molecule has 12 heavy (non-hydrogen) atoms. The molecule has 0 amide bonds. The topological polar surface area (TPSA) is 90.2 Å². The molecule has 0 saturated heterocycles. The van der Waals surface area contributed by atoms with Crippen LogP contribution in [-0.2, 0) is 4.74 Å². The van der Waals surface area contributed by atoms with Crippen molar-refractivity contribution < 1.29 is 29.6 Å². The van der Waals surface area contributed by atoms with Gasteiger partial charge in [0.25, 0.3) is 0 Å². The average molecular weight is 180 g/mol. The molecule has 0 aromatic heterocycles. The van der Waals surface area contributed by atoms with Gasteiger partial charge in [-0.15, -0.1) is 0 Å². The second-order valence-electron chi connectivity index (χ2n) is 2.39. The summed E-state index contributed by atoms with van der Waals surface area (Å²) >= 11 is 0. The minimum absolute atomic E-state index is 0.616. The summed E-state index contributed by atoms with van der Waals surface area (Å²) in [6, 6.07) is 0. The average Bonchev–Trinajstić information content (AvgIpc) is 2.08. The van der Waals surface area contributed by atoms with Crippen LogP contribution in [0, 0.1) is 0 Å². The van der Waals surface area contributed by atoms with E-state index in [4.69, 9.17) is 20.4 Å². The highest BCUT2D eigenvalue weighted by Crippen LogP contribution is 2.23. The van der Waals surface area contributed by atoms with E-state index in [1.54, 1.807) is 0 Å². The molecule has 0 bridgehead atoms. The monoisotopic (exact) mass is 180 g/mol. The predicted molar refractivity (Wildman–Crippen MR) is 34.7 cm³/mol. The number of aliphatic hydroxyl groups is 4. The van der Waals surface area contributed by atoms with E-state index in [0.717, 1.165) is 0 Å². The Kier molecular flexibility index (Phi) is 2.63. The minimum atomic E-state index is -1.91. The van der Waals surface area contributed by atoms with Gasteiger partial charge >= 0.3 is 0 Å². The van der Waals surface area contributed by atoms with E-state index in [-0.39, 0.29) is 0 Å². The van der Waals surface area contributed by atoms with Crippen LogP contribution in [0.15, 0.2) is 11.6 Å². The molecule has 0 aromatic carbocycles. The molecule has 70 valence electrons. The Hall–Kier alpha value is -0.690. The molecule has 0 fully saturated rings. The molecule has 0 spiro atoms. The molecule has 3 atom stereocenters. The van der Waals surface area contributed by atoms with Gasteiger partial charge in [-0.2, -0.15) is 0 Å². The van der Waals surface area contributed by atoms with Gasteiger partial charge in [0.05, 0.1) is 6.61 Å². The van der Waals surface area contributed by atoms with Gasteiger partial charge in [0.1, 0.15) is 12.2 Å². The summed E-state index contributed by atoms with van der Waals surface area (Å²) < 4.78 is 16.9. The molecule has 0 aliphatic carbocycles. The van der Waals surface area contributed by atoms with Gasteiger partial charge in [-0.3, -0.25) is 0 Å². The first-order valence-corrected chi connectivity index (χ1v) is 3.29. The quantitative estimate of drug-likeness (QED) is 0.407. The summed E-state index contributed by atoms with van der Waals surface area (Å²) in [5, 5.41) is 35.1. The highest BCUT2D eigenvalue weighted by Gasteiger charge is 2.36. The second kappa shape index (κ2) is 3.36. The van der Waals surface area contributed by atoms with Crippen molar-refractivity contribution in [3.63, 3.8) is 0 Å². The van der Waals surface area contributed by atoms with Crippen LogP contribution in [0.3, 0.4) is 0 Å². The summed E-state index contributed by atoms with van der Waals surface area (Å²) in [5.74, 6) is -2.32. The van der Waals surface area contributed by atoms with Gasteiger partial charge in [0.2, 0.25) is 6.29 Å². The van der Waals surface area contributed by atoms with E-state index in [1.807, 2.05) is 0 Å². The number of hydrogen-bond donors (Lipinski definition) is 4. The molecule has 6 heteroatoms.